The topological polar surface area (TPSA) is 24.1 Å². The molecule has 0 heterocycles. The van der Waals surface area contributed by atoms with Crippen molar-refractivity contribution in [2.75, 3.05) is 7.05 Å². The standard InChI is InChI=1S/C14H20N2S/c1-10(16-14(17)15-2)12-8-7-11-5-3-4-6-13(11)9-12/h7-10H,3-6H2,1-2H3,(H2,15,16,17)/t10-/m0/s1. The minimum atomic E-state index is 0.266. The lowest BCUT2D eigenvalue weighted by atomic mass is 9.89. The first-order valence-corrected chi connectivity index (χ1v) is 6.71. The quantitative estimate of drug-likeness (QED) is 0.787. The van der Waals surface area contributed by atoms with Gasteiger partial charge in [-0.2, -0.15) is 0 Å². The van der Waals surface area contributed by atoms with Crippen molar-refractivity contribution in [1.82, 2.24) is 10.6 Å². The van der Waals surface area contributed by atoms with E-state index in [2.05, 4.69) is 35.8 Å². The number of hydrogen-bond acceptors (Lipinski definition) is 1. The summed E-state index contributed by atoms with van der Waals surface area (Å²) in [5, 5.41) is 6.93. The van der Waals surface area contributed by atoms with Gasteiger partial charge in [-0.1, -0.05) is 18.2 Å². The van der Waals surface area contributed by atoms with E-state index in [-0.39, 0.29) is 6.04 Å². The summed E-state index contributed by atoms with van der Waals surface area (Å²) in [6.45, 7) is 2.15. The van der Waals surface area contributed by atoms with Crippen LogP contribution in [0.25, 0.3) is 0 Å². The molecule has 0 fully saturated rings. The van der Waals surface area contributed by atoms with Gasteiger partial charge in [0, 0.05) is 7.05 Å². The molecule has 0 spiro atoms. The van der Waals surface area contributed by atoms with Gasteiger partial charge in [0.05, 0.1) is 6.04 Å². The molecule has 92 valence electrons. The Morgan fingerprint density at radius 1 is 1.24 bits per heavy atom. The molecule has 2 rings (SSSR count). The van der Waals surface area contributed by atoms with E-state index in [1.165, 1.54) is 42.4 Å². The van der Waals surface area contributed by atoms with Crippen molar-refractivity contribution in [3.63, 3.8) is 0 Å². The van der Waals surface area contributed by atoms with Gasteiger partial charge >= 0.3 is 0 Å². The summed E-state index contributed by atoms with van der Waals surface area (Å²) in [5.41, 5.74) is 4.38. The zero-order valence-corrected chi connectivity index (χ0v) is 11.4. The van der Waals surface area contributed by atoms with Gasteiger partial charge in [0.2, 0.25) is 0 Å². The van der Waals surface area contributed by atoms with Crippen molar-refractivity contribution in [2.45, 2.75) is 38.6 Å². The van der Waals surface area contributed by atoms with Crippen molar-refractivity contribution >= 4 is 17.3 Å². The van der Waals surface area contributed by atoms with E-state index >= 15 is 0 Å². The second-order valence-corrected chi connectivity index (χ2v) is 5.09. The predicted octanol–water partition coefficient (Wildman–Crippen LogP) is 2.72. The molecule has 0 saturated carbocycles. The molecule has 1 aliphatic rings. The van der Waals surface area contributed by atoms with Crippen LogP contribution in [0, 0.1) is 0 Å². The zero-order valence-electron chi connectivity index (χ0n) is 10.5. The van der Waals surface area contributed by atoms with Crippen LogP contribution in [-0.2, 0) is 12.8 Å². The average Bonchev–Trinajstić information content (AvgIpc) is 2.38. The Kier molecular flexibility index (Phi) is 4.00. The number of fused-ring (bicyclic) bond motifs is 1. The molecule has 1 aromatic rings. The molecule has 0 radical (unpaired) electrons. The highest BCUT2D eigenvalue weighted by Crippen LogP contribution is 2.24. The van der Waals surface area contributed by atoms with Crippen LogP contribution in [0.15, 0.2) is 18.2 Å². The van der Waals surface area contributed by atoms with E-state index in [9.17, 15) is 0 Å². The maximum Gasteiger partial charge on any atom is 0.166 e. The van der Waals surface area contributed by atoms with E-state index < -0.39 is 0 Å². The van der Waals surface area contributed by atoms with E-state index in [4.69, 9.17) is 12.2 Å². The summed E-state index contributed by atoms with van der Waals surface area (Å²) in [5.74, 6) is 0. The summed E-state index contributed by atoms with van der Waals surface area (Å²) in [4.78, 5) is 0. The van der Waals surface area contributed by atoms with Gasteiger partial charge in [-0.3, -0.25) is 0 Å². The van der Waals surface area contributed by atoms with Gasteiger partial charge in [-0.15, -0.1) is 0 Å². The van der Waals surface area contributed by atoms with E-state index in [0.717, 1.165) is 0 Å². The molecule has 0 unspecified atom stereocenters. The molecule has 0 saturated heterocycles. The van der Waals surface area contributed by atoms with Crippen LogP contribution < -0.4 is 10.6 Å². The maximum atomic E-state index is 5.13. The minimum absolute atomic E-state index is 0.266. The lowest BCUT2D eigenvalue weighted by Gasteiger charge is -2.20. The summed E-state index contributed by atoms with van der Waals surface area (Å²) >= 11 is 5.13. The van der Waals surface area contributed by atoms with Gasteiger partial charge < -0.3 is 10.6 Å². The molecule has 1 atom stereocenters. The zero-order chi connectivity index (χ0) is 12.3. The Labute approximate surface area is 109 Å². The highest BCUT2D eigenvalue weighted by Gasteiger charge is 2.12. The Hall–Kier alpha value is -1.09. The van der Waals surface area contributed by atoms with Crippen molar-refractivity contribution in [3.8, 4) is 0 Å². The van der Waals surface area contributed by atoms with Gasteiger partial charge in [0.15, 0.2) is 5.11 Å². The summed E-state index contributed by atoms with van der Waals surface area (Å²) in [7, 11) is 1.84. The lowest BCUT2D eigenvalue weighted by molar-refractivity contribution is 0.672. The smallest absolute Gasteiger partial charge is 0.166 e. The molecule has 0 amide bonds. The van der Waals surface area contributed by atoms with E-state index in [1.54, 1.807) is 0 Å². The number of nitrogens with one attached hydrogen (secondary N) is 2. The van der Waals surface area contributed by atoms with Gasteiger partial charge in [0.1, 0.15) is 0 Å². The molecule has 1 aromatic carbocycles. The third-order valence-corrected chi connectivity index (χ3v) is 3.77. The van der Waals surface area contributed by atoms with Crippen molar-refractivity contribution in [1.29, 1.82) is 0 Å². The fraction of sp³-hybridized carbons (Fsp3) is 0.500. The largest absolute Gasteiger partial charge is 0.366 e. The summed E-state index contributed by atoms with van der Waals surface area (Å²) in [6, 6.07) is 7.11. The van der Waals surface area contributed by atoms with Crippen molar-refractivity contribution in [2.24, 2.45) is 0 Å². The van der Waals surface area contributed by atoms with Gasteiger partial charge in [-0.05, 0) is 61.5 Å². The Balaban J connectivity index is 2.13. The van der Waals surface area contributed by atoms with Crippen LogP contribution >= 0.6 is 12.2 Å². The molecular formula is C14H20N2S. The Morgan fingerprint density at radius 3 is 2.65 bits per heavy atom. The minimum Gasteiger partial charge on any atom is -0.366 e. The predicted molar refractivity (Wildman–Crippen MR) is 76.3 cm³/mol. The van der Waals surface area contributed by atoms with Crippen molar-refractivity contribution < 1.29 is 0 Å². The highest BCUT2D eigenvalue weighted by molar-refractivity contribution is 7.80. The van der Waals surface area contributed by atoms with E-state index in [1.807, 2.05) is 7.05 Å². The summed E-state index contributed by atoms with van der Waals surface area (Å²) < 4.78 is 0. The van der Waals surface area contributed by atoms with Crippen LogP contribution in [0.4, 0.5) is 0 Å². The highest BCUT2D eigenvalue weighted by atomic mass is 32.1. The van der Waals surface area contributed by atoms with E-state index in [0.29, 0.717) is 5.11 Å². The van der Waals surface area contributed by atoms with Crippen LogP contribution in [0.3, 0.4) is 0 Å². The third kappa shape index (κ3) is 2.97. The van der Waals surface area contributed by atoms with Gasteiger partial charge in [-0.25, -0.2) is 0 Å². The average molecular weight is 248 g/mol. The SMILES string of the molecule is CNC(=S)N[C@@H](C)c1ccc2c(c1)CCCC2. The molecule has 0 aromatic heterocycles. The van der Waals surface area contributed by atoms with Crippen LogP contribution in [0.2, 0.25) is 0 Å². The number of hydrogen-bond donors (Lipinski definition) is 2. The number of benzene rings is 1. The number of rotatable bonds is 2. The summed E-state index contributed by atoms with van der Waals surface area (Å²) in [6.07, 6.45) is 5.13. The molecule has 1 aliphatic carbocycles. The van der Waals surface area contributed by atoms with Crippen LogP contribution in [0.5, 0.6) is 0 Å². The Bertz CT molecular complexity index is 415. The maximum absolute atomic E-state index is 5.13. The third-order valence-electron chi connectivity index (χ3n) is 3.45. The van der Waals surface area contributed by atoms with Crippen LogP contribution in [0.1, 0.15) is 42.5 Å². The second kappa shape index (κ2) is 5.50. The fourth-order valence-electron chi connectivity index (χ4n) is 2.37. The first-order valence-electron chi connectivity index (χ1n) is 6.30. The van der Waals surface area contributed by atoms with Gasteiger partial charge in [0.25, 0.3) is 0 Å². The Morgan fingerprint density at radius 2 is 1.94 bits per heavy atom. The number of thiocarbonyl (C=S) groups is 1. The molecule has 17 heavy (non-hydrogen) atoms. The normalized spacial score (nSPS) is 15.9. The number of aryl methyl sites for hydroxylation is 2. The molecule has 0 bridgehead atoms. The lowest BCUT2D eigenvalue weighted by Crippen LogP contribution is -2.34. The molecular weight excluding hydrogens is 228 g/mol. The molecule has 3 heteroatoms. The monoisotopic (exact) mass is 248 g/mol. The fourth-order valence-corrected chi connectivity index (χ4v) is 2.55. The second-order valence-electron chi connectivity index (χ2n) is 4.68. The van der Waals surface area contributed by atoms with Crippen molar-refractivity contribution in [3.05, 3.63) is 34.9 Å². The molecule has 0 aliphatic heterocycles. The van der Waals surface area contributed by atoms with Crippen LogP contribution in [-0.4, -0.2) is 12.2 Å². The first-order chi connectivity index (χ1) is 8.20. The molecule has 2 nitrogen and oxygen atoms in total. The first kappa shape index (κ1) is 12.4. The molecule has 2 N–H and O–H groups in total.